The Kier molecular flexibility index (Phi) is 4.48. The summed E-state index contributed by atoms with van der Waals surface area (Å²) in [7, 11) is 0. The average Bonchev–Trinajstić information content (AvgIpc) is 2.97. The molecule has 0 radical (unpaired) electrons. The van der Waals surface area contributed by atoms with Crippen molar-refractivity contribution in [3.05, 3.63) is 12.2 Å². The molecule has 0 aromatic heterocycles. The second kappa shape index (κ2) is 6.09. The van der Waals surface area contributed by atoms with E-state index in [0.29, 0.717) is 31.3 Å². The first kappa shape index (κ1) is 18.4. The molecule has 6 heteroatoms. The van der Waals surface area contributed by atoms with Gasteiger partial charge in [0.25, 0.3) is 0 Å². The zero-order valence-corrected chi connectivity index (χ0v) is 15.4. The van der Waals surface area contributed by atoms with Crippen molar-refractivity contribution in [3.63, 3.8) is 0 Å². The first-order valence-electron chi connectivity index (χ1n) is 9.07. The summed E-state index contributed by atoms with van der Waals surface area (Å²) >= 11 is 0. The number of aliphatic hydroxyl groups is 1. The zero-order chi connectivity index (χ0) is 18.6. The highest BCUT2D eigenvalue weighted by atomic mass is 16.6. The second-order valence-electron chi connectivity index (χ2n) is 8.36. The normalized spacial score (nSPS) is 43.9. The van der Waals surface area contributed by atoms with Crippen LogP contribution >= 0.6 is 0 Å². The predicted molar refractivity (Wildman–Crippen MR) is 89.3 cm³/mol. The molecule has 6 atom stereocenters. The van der Waals surface area contributed by atoms with E-state index in [1.165, 1.54) is 0 Å². The molecule has 0 spiro atoms. The lowest BCUT2D eigenvalue weighted by Crippen LogP contribution is -2.40. The third kappa shape index (κ3) is 3.22. The van der Waals surface area contributed by atoms with E-state index in [1.54, 1.807) is 13.8 Å². The van der Waals surface area contributed by atoms with Crippen LogP contribution in [0.15, 0.2) is 12.2 Å². The molecule has 1 N–H and O–H groups in total. The highest BCUT2D eigenvalue weighted by molar-refractivity contribution is 5.91. The lowest BCUT2D eigenvalue weighted by molar-refractivity contribution is -0.250. The van der Waals surface area contributed by atoms with E-state index in [9.17, 15) is 14.7 Å². The van der Waals surface area contributed by atoms with Crippen molar-refractivity contribution in [2.24, 2.45) is 17.8 Å². The van der Waals surface area contributed by atoms with E-state index in [2.05, 4.69) is 6.58 Å². The maximum atomic E-state index is 12.2. The van der Waals surface area contributed by atoms with E-state index in [4.69, 9.17) is 14.2 Å². The van der Waals surface area contributed by atoms with Crippen molar-refractivity contribution in [2.45, 2.75) is 77.0 Å². The molecule has 3 aliphatic rings. The summed E-state index contributed by atoms with van der Waals surface area (Å²) < 4.78 is 17.3. The van der Waals surface area contributed by atoms with E-state index < -0.39 is 35.5 Å². The van der Waals surface area contributed by atoms with Crippen LogP contribution in [0.4, 0.5) is 0 Å². The monoisotopic (exact) mass is 352 g/mol. The van der Waals surface area contributed by atoms with Gasteiger partial charge in [0.05, 0.1) is 17.4 Å². The van der Waals surface area contributed by atoms with Crippen molar-refractivity contribution in [2.75, 3.05) is 0 Å². The summed E-state index contributed by atoms with van der Waals surface area (Å²) in [5.74, 6) is -2.89. The number of esters is 2. The van der Waals surface area contributed by atoms with Crippen LogP contribution in [0, 0.1) is 17.8 Å². The van der Waals surface area contributed by atoms with Gasteiger partial charge in [-0.15, -0.1) is 0 Å². The molecule has 0 aromatic carbocycles. The summed E-state index contributed by atoms with van der Waals surface area (Å²) in [5.41, 5.74) is -0.279. The molecule has 25 heavy (non-hydrogen) atoms. The second-order valence-corrected chi connectivity index (χ2v) is 8.36. The van der Waals surface area contributed by atoms with Gasteiger partial charge in [-0.3, -0.25) is 4.79 Å². The topological polar surface area (TPSA) is 82.1 Å². The van der Waals surface area contributed by atoms with Gasteiger partial charge in [0.1, 0.15) is 12.2 Å². The van der Waals surface area contributed by atoms with Crippen LogP contribution in [-0.2, 0) is 23.8 Å². The van der Waals surface area contributed by atoms with Crippen molar-refractivity contribution < 1.29 is 28.9 Å². The number of carbonyl (C=O) groups excluding carboxylic acids is 2. The number of hydrogen-bond donors (Lipinski definition) is 1. The van der Waals surface area contributed by atoms with Crippen LogP contribution in [-0.4, -0.2) is 40.6 Å². The molecule has 0 aliphatic carbocycles. The Hall–Kier alpha value is -1.40. The van der Waals surface area contributed by atoms with Gasteiger partial charge in [0.15, 0.2) is 5.79 Å². The molecule has 0 aromatic rings. The molecular formula is C19H28O6. The molecule has 6 nitrogen and oxygen atoms in total. The van der Waals surface area contributed by atoms with Crippen molar-refractivity contribution in [1.29, 1.82) is 0 Å². The lowest BCUT2D eigenvalue weighted by Gasteiger charge is -2.33. The molecule has 2 bridgehead atoms. The smallest absolute Gasteiger partial charge is 0.334 e. The quantitative estimate of drug-likeness (QED) is 0.607. The number of fused-ring (bicyclic) bond motifs is 3. The van der Waals surface area contributed by atoms with Gasteiger partial charge in [0.2, 0.25) is 0 Å². The maximum Gasteiger partial charge on any atom is 0.334 e. The van der Waals surface area contributed by atoms with E-state index in [1.807, 2.05) is 13.8 Å². The molecule has 0 unspecified atom stereocenters. The Balaban J connectivity index is 1.97. The summed E-state index contributed by atoms with van der Waals surface area (Å²) in [6, 6.07) is 0. The SMILES string of the molecule is C=C1C(=O)O[C@H]2C[C@H](C)[C@@]3(O)CC[C@@](C)(C[C@@H](OC(=O)C(C)C)[C@@H]12)O3. The zero-order valence-electron chi connectivity index (χ0n) is 15.4. The largest absolute Gasteiger partial charge is 0.461 e. The van der Waals surface area contributed by atoms with Crippen LogP contribution in [0.25, 0.3) is 0 Å². The minimum Gasteiger partial charge on any atom is -0.461 e. The third-order valence-corrected chi connectivity index (χ3v) is 5.89. The third-order valence-electron chi connectivity index (χ3n) is 5.89. The molecule has 3 aliphatic heterocycles. The summed E-state index contributed by atoms with van der Waals surface area (Å²) in [5, 5.41) is 10.9. The van der Waals surface area contributed by atoms with Crippen LogP contribution in [0.3, 0.4) is 0 Å². The Morgan fingerprint density at radius 2 is 2.08 bits per heavy atom. The molecule has 0 amide bonds. The van der Waals surface area contributed by atoms with Gasteiger partial charge < -0.3 is 19.3 Å². The van der Waals surface area contributed by atoms with Crippen LogP contribution < -0.4 is 0 Å². The van der Waals surface area contributed by atoms with Gasteiger partial charge in [-0.2, -0.15) is 0 Å². The highest BCUT2D eigenvalue weighted by Gasteiger charge is 2.56. The fraction of sp³-hybridized carbons (Fsp3) is 0.789. The van der Waals surface area contributed by atoms with Crippen molar-refractivity contribution in [1.82, 2.24) is 0 Å². The standard InChI is InChI=1S/C19H28O6/c1-10(2)16(20)24-14-9-18(5)6-7-19(22,25-18)11(3)8-13-15(14)12(4)17(21)23-13/h10-11,13-15,22H,4,6-9H2,1-3,5H3/t11-,13-,14+,15-,18-,19+/m0/s1. The summed E-state index contributed by atoms with van der Waals surface area (Å²) in [6.07, 6.45) is 1.01. The molecule has 140 valence electrons. The van der Waals surface area contributed by atoms with Gasteiger partial charge in [-0.25, -0.2) is 4.79 Å². The minimum atomic E-state index is -1.24. The first-order valence-corrected chi connectivity index (χ1v) is 9.07. The average molecular weight is 352 g/mol. The molecule has 3 rings (SSSR count). The van der Waals surface area contributed by atoms with Gasteiger partial charge in [-0.05, 0) is 19.8 Å². The molecule has 3 saturated heterocycles. The van der Waals surface area contributed by atoms with Crippen molar-refractivity contribution in [3.8, 4) is 0 Å². The number of hydrogen-bond acceptors (Lipinski definition) is 6. The van der Waals surface area contributed by atoms with Crippen molar-refractivity contribution >= 4 is 11.9 Å². The lowest BCUT2D eigenvalue weighted by atomic mass is 9.78. The van der Waals surface area contributed by atoms with E-state index >= 15 is 0 Å². The fourth-order valence-corrected chi connectivity index (χ4v) is 4.25. The van der Waals surface area contributed by atoms with Gasteiger partial charge in [0, 0.05) is 24.3 Å². The molecule has 3 fully saturated rings. The Labute approximate surface area is 148 Å². The van der Waals surface area contributed by atoms with Crippen LogP contribution in [0.2, 0.25) is 0 Å². The molecular weight excluding hydrogens is 324 g/mol. The van der Waals surface area contributed by atoms with Crippen LogP contribution in [0.5, 0.6) is 0 Å². The number of carbonyl (C=O) groups is 2. The Morgan fingerprint density at radius 1 is 1.40 bits per heavy atom. The highest BCUT2D eigenvalue weighted by Crippen LogP contribution is 2.49. The Morgan fingerprint density at radius 3 is 2.72 bits per heavy atom. The first-order chi connectivity index (χ1) is 11.5. The van der Waals surface area contributed by atoms with Crippen LogP contribution in [0.1, 0.15) is 53.4 Å². The van der Waals surface area contributed by atoms with Gasteiger partial charge in [-0.1, -0.05) is 27.4 Å². The van der Waals surface area contributed by atoms with E-state index in [0.717, 1.165) is 0 Å². The van der Waals surface area contributed by atoms with E-state index in [-0.39, 0.29) is 17.8 Å². The number of ether oxygens (including phenoxy) is 3. The maximum absolute atomic E-state index is 12.2. The van der Waals surface area contributed by atoms with Gasteiger partial charge >= 0.3 is 11.9 Å². The minimum absolute atomic E-state index is 0.208. The molecule has 3 heterocycles. The molecule has 0 saturated carbocycles. The number of rotatable bonds is 2. The summed E-state index contributed by atoms with van der Waals surface area (Å²) in [4.78, 5) is 24.3. The fourth-order valence-electron chi connectivity index (χ4n) is 4.25. The summed E-state index contributed by atoms with van der Waals surface area (Å²) in [6.45, 7) is 11.3. The Bertz CT molecular complexity index is 599. The predicted octanol–water partition coefficient (Wildman–Crippen LogP) is 2.34.